The van der Waals surface area contributed by atoms with E-state index in [1.807, 2.05) is 41.5 Å². The van der Waals surface area contributed by atoms with E-state index in [1.54, 1.807) is 0 Å². The minimum atomic E-state index is -0.585. The Labute approximate surface area is 99.5 Å². The van der Waals surface area contributed by atoms with Crippen LogP contribution >= 0.6 is 0 Å². The van der Waals surface area contributed by atoms with Crippen molar-refractivity contribution in [3.8, 4) is 0 Å². The van der Waals surface area contributed by atoms with Gasteiger partial charge in [0, 0.05) is 6.61 Å². The van der Waals surface area contributed by atoms with Gasteiger partial charge in [0.05, 0.1) is 18.6 Å². The highest BCUT2D eigenvalue weighted by molar-refractivity contribution is 5.77. The van der Waals surface area contributed by atoms with Crippen LogP contribution in [0.5, 0.6) is 0 Å². The zero-order valence-electron chi connectivity index (χ0n) is 11.6. The molecular formula is C13H26O3. The molecule has 0 N–H and O–H groups in total. The molecular weight excluding hydrogens is 204 g/mol. The number of esters is 1. The fourth-order valence-corrected chi connectivity index (χ4v) is 1.24. The quantitative estimate of drug-likeness (QED) is 0.658. The second-order valence-corrected chi connectivity index (χ2v) is 5.36. The fourth-order valence-electron chi connectivity index (χ4n) is 1.24. The van der Waals surface area contributed by atoms with Gasteiger partial charge in [-0.05, 0) is 25.7 Å². The van der Waals surface area contributed by atoms with Crippen LogP contribution in [0.4, 0.5) is 0 Å². The van der Waals surface area contributed by atoms with Crippen molar-refractivity contribution in [2.24, 2.45) is 10.8 Å². The van der Waals surface area contributed by atoms with Gasteiger partial charge in [0.25, 0.3) is 0 Å². The molecule has 0 amide bonds. The van der Waals surface area contributed by atoms with Crippen molar-refractivity contribution in [2.45, 2.75) is 48.0 Å². The Kier molecular flexibility index (Phi) is 6.01. The van der Waals surface area contributed by atoms with E-state index in [4.69, 9.17) is 9.47 Å². The topological polar surface area (TPSA) is 35.5 Å². The largest absolute Gasteiger partial charge is 0.465 e. The maximum Gasteiger partial charge on any atom is 0.314 e. The molecule has 0 aromatic carbocycles. The molecule has 0 radical (unpaired) electrons. The molecule has 96 valence electrons. The summed E-state index contributed by atoms with van der Waals surface area (Å²) in [7, 11) is 0. The Morgan fingerprint density at radius 3 is 2.06 bits per heavy atom. The Hall–Kier alpha value is -0.570. The minimum Gasteiger partial charge on any atom is -0.465 e. The van der Waals surface area contributed by atoms with Gasteiger partial charge in [-0.3, -0.25) is 4.79 Å². The Bertz CT molecular complexity index is 218. The van der Waals surface area contributed by atoms with Gasteiger partial charge in [-0.2, -0.15) is 0 Å². The maximum absolute atomic E-state index is 12.1. The van der Waals surface area contributed by atoms with Gasteiger partial charge in [0.15, 0.2) is 0 Å². The molecule has 0 heterocycles. The third kappa shape index (κ3) is 3.78. The van der Waals surface area contributed by atoms with Crippen LogP contribution in [0.15, 0.2) is 0 Å². The summed E-state index contributed by atoms with van der Waals surface area (Å²) in [6.07, 6.45) is 0.848. The second kappa shape index (κ2) is 6.24. The van der Waals surface area contributed by atoms with Crippen molar-refractivity contribution in [1.29, 1.82) is 0 Å². The molecule has 1 atom stereocenters. The molecule has 0 aliphatic heterocycles. The van der Waals surface area contributed by atoms with Gasteiger partial charge in [-0.25, -0.2) is 0 Å². The molecule has 0 aliphatic carbocycles. The van der Waals surface area contributed by atoms with Gasteiger partial charge >= 0.3 is 5.97 Å². The first-order valence-corrected chi connectivity index (χ1v) is 6.04. The molecule has 0 fully saturated rings. The van der Waals surface area contributed by atoms with Crippen LogP contribution < -0.4 is 0 Å². The molecule has 0 saturated heterocycles. The monoisotopic (exact) mass is 230 g/mol. The molecule has 0 spiro atoms. The number of ether oxygens (including phenoxy) is 2. The van der Waals surface area contributed by atoms with Crippen LogP contribution in [0.1, 0.15) is 48.0 Å². The Morgan fingerprint density at radius 2 is 1.69 bits per heavy atom. The maximum atomic E-state index is 12.1. The lowest BCUT2D eigenvalue weighted by Crippen LogP contribution is -2.45. The molecule has 0 aromatic rings. The summed E-state index contributed by atoms with van der Waals surface area (Å²) in [6.45, 7) is 13.5. The number of carbonyl (C=O) groups is 1. The number of hydrogen-bond donors (Lipinski definition) is 0. The van der Waals surface area contributed by atoms with Gasteiger partial charge in [0.2, 0.25) is 0 Å². The van der Waals surface area contributed by atoms with Gasteiger partial charge in [0.1, 0.15) is 0 Å². The van der Waals surface area contributed by atoms with E-state index in [0.717, 1.165) is 6.42 Å². The molecule has 3 heteroatoms. The highest BCUT2D eigenvalue weighted by Crippen LogP contribution is 2.39. The number of hydrogen-bond acceptors (Lipinski definition) is 3. The number of rotatable bonds is 6. The first kappa shape index (κ1) is 15.4. The predicted octanol–water partition coefficient (Wildman–Crippen LogP) is 3.03. The third-order valence-corrected chi connectivity index (χ3v) is 3.14. The van der Waals surface area contributed by atoms with Crippen LogP contribution in [0, 0.1) is 10.8 Å². The zero-order chi connectivity index (χ0) is 12.8. The van der Waals surface area contributed by atoms with Crippen molar-refractivity contribution in [1.82, 2.24) is 0 Å². The van der Waals surface area contributed by atoms with E-state index in [9.17, 15) is 4.79 Å². The summed E-state index contributed by atoms with van der Waals surface area (Å²) in [5.41, 5.74) is -0.759. The Morgan fingerprint density at radius 1 is 1.12 bits per heavy atom. The van der Waals surface area contributed by atoms with E-state index in [-0.39, 0.29) is 11.4 Å². The summed E-state index contributed by atoms with van der Waals surface area (Å²) in [5.74, 6) is -0.157. The summed E-state index contributed by atoms with van der Waals surface area (Å²) in [6, 6.07) is 0. The predicted molar refractivity (Wildman–Crippen MR) is 65.3 cm³/mol. The highest BCUT2D eigenvalue weighted by atomic mass is 16.5. The zero-order valence-corrected chi connectivity index (χ0v) is 11.6. The summed E-state index contributed by atoms with van der Waals surface area (Å²) in [5, 5.41) is 0. The SMILES string of the molecule is CCCOC(=O)C(C)(COCC)C(C)(C)C. The van der Waals surface area contributed by atoms with Crippen molar-refractivity contribution in [2.75, 3.05) is 19.8 Å². The van der Waals surface area contributed by atoms with E-state index in [0.29, 0.717) is 19.8 Å². The molecule has 1 unspecified atom stereocenters. The summed E-state index contributed by atoms with van der Waals surface area (Å²) in [4.78, 5) is 12.1. The normalized spacial score (nSPS) is 15.6. The lowest BCUT2D eigenvalue weighted by Gasteiger charge is -2.39. The average molecular weight is 230 g/mol. The van der Waals surface area contributed by atoms with E-state index in [2.05, 4.69) is 0 Å². The summed E-state index contributed by atoms with van der Waals surface area (Å²) >= 11 is 0. The molecule has 0 bridgehead atoms. The van der Waals surface area contributed by atoms with E-state index < -0.39 is 5.41 Å². The van der Waals surface area contributed by atoms with Crippen molar-refractivity contribution in [3.63, 3.8) is 0 Å². The standard InChI is InChI=1S/C13H26O3/c1-7-9-16-11(14)13(6,10-15-8-2)12(3,4)5/h7-10H2,1-6H3. The number of carbonyl (C=O) groups excluding carboxylic acids is 1. The van der Waals surface area contributed by atoms with E-state index >= 15 is 0 Å². The highest BCUT2D eigenvalue weighted by Gasteiger charge is 2.45. The smallest absolute Gasteiger partial charge is 0.314 e. The molecule has 0 rings (SSSR count). The molecule has 0 saturated carbocycles. The lowest BCUT2D eigenvalue weighted by molar-refractivity contribution is -0.167. The average Bonchev–Trinajstić information content (AvgIpc) is 2.20. The van der Waals surface area contributed by atoms with Gasteiger partial charge < -0.3 is 9.47 Å². The van der Waals surface area contributed by atoms with Crippen LogP contribution in [0.3, 0.4) is 0 Å². The lowest BCUT2D eigenvalue weighted by atomic mass is 9.68. The van der Waals surface area contributed by atoms with Gasteiger partial charge in [-0.1, -0.05) is 27.7 Å². The third-order valence-electron chi connectivity index (χ3n) is 3.14. The second-order valence-electron chi connectivity index (χ2n) is 5.36. The van der Waals surface area contributed by atoms with Crippen LogP contribution in [0.2, 0.25) is 0 Å². The fraction of sp³-hybridized carbons (Fsp3) is 0.923. The molecule has 0 aliphatic rings. The van der Waals surface area contributed by atoms with Crippen molar-refractivity contribution in [3.05, 3.63) is 0 Å². The first-order valence-electron chi connectivity index (χ1n) is 6.04. The molecule has 3 nitrogen and oxygen atoms in total. The summed E-state index contributed by atoms with van der Waals surface area (Å²) < 4.78 is 10.7. The first-order chi connectivity index (χ1) is 7.29. The van der Waals surface area contributed by atoms with Crippen molar-refractivity contribution < 1.29 is 14.3 Å². The minimum absolute atomic E-state index is 0.157. The van der Waals surface area contributed by atoms with E-state index in [1.165, 1.54) is 0 Å². The van der Waals surface area contributed by atoms with Crippen LogP contribution in [-0.4, -0.2) is 25.8 Å². The van der Waals surface area contributed by atoms with Crippen LogP contribution in [-0.2, 0) is 14.3 Å². The Balaban J connectivity index is 4.71. The van der Waals surface area contributed by atoms with Crippen LogP contribution in [0.25, 0.3) is 0 Å². The molecule has 0 aromatic heterocycles. The van der Waals surface area contributed by atoms with Crippen molar-refractivity contribution >= 4 is 5.97 Å². The van der Waals surface area contributed by atoms with Gasteiger partial charge in [-0.15, -0.1) is 0 Å². The molecule has 16 heavy (non-hydrogen) atoms.